The number of hydrogen-bond acceptors (Lipinski definition) is 7. The molecule has 9 heteroatoms. The van der Waals surface area contributed by atoms with Crippen molar-refractivity contribution >= 4 is 10.0 Å². The third-order valence-corrected chi connectivity index (χ3v) is 6.28. The molecule has 0 unspecified atom stereocenters. The summed E-state index contributed by atoms with van der Waals surface area (Å²) in [6.07, 6.45) is 5.00. The first kappa shape index (κ1) is 27.2. The minimum atomic E-state index is -3.67. The van der Waals surface area contributed by atoms with Gasteiger partial charge in [0.15, 0.2) is 0 Å². The number of nitrogens with one attached hydrogen (secondary N) is 1. The normalized spacial score (nSPS) is 12.7. The Balaban J connectivity index is 1.46. The van der Waals surface area contributed by atoms with E-state index in [4.69, 9.17) is 9.88 Å². The molecule has 0 saturated carbocycles. The summed E-state index contributed by atoms with van der Waals surface area (Å²) >= 11 is 0. The minimum Gasteiger partial charge on any atom is -0.508 e. The van der Waals surface area contributed by atoms with Crippen LogP contribution in [0.15, 0.2) is 47.4 Å². The van der Waals surface area contributed by atoms with Crippen molar-refractivity contribution in [3.8, 4) is 5.75 Å². The molecule has 0 aromatic heterocycles. The van der Waals surface area contributed by atoms with Crippen LogP contribution in [0, 0.1) is 0 Å². The highest BCUT2D eigenvalue weighted by molar-refractivity contribution is 7.89. The zero-order valence-corrected chi connectivity index (χ0v) is 19.8. The van der Waals surface area contributed by atoms with Crippen molar-refractivity contribution in [3.63, 3.8) is 0 Å². The van der Waals surface area contributed by atoms with Crippen molar-refractivity contribution in [3.05, 3.63) is 59.2 Å². The molecule has 0 heterocycles. The van der Waals surface area contributed by atoms with E-state index in [9.17, 15) is 23.7 Å². The highest BCUT2D eigenvalue weighted by Crippen LogP contribution is 2.22. The summed E-state index contributed by atoms with van der Waals surface area (Å²) in [6, 6.07) is 11.4. The molecular formula is C24H36N2O6S. The van der Waals surface area contributed by atoms with Crippen molar-refractivity contribution < 1.29 is 28.5 Å². The van der Waals surface area contributed by atoms with Gasteiger partial charge in [0.05, 0.1) is 17.6 Å². The molecule has 184 valence electrons. The number of aliphatic hydroxyl groups is 2. The topological polar surface area (TPSA) is 142 Å². The molecule has 0 amide bonds. The lowest BCUT2D eigenvalue weighted by Gasteiger charge is -2.14. The Kier molecular flexibility index (Phi) is 11.8. The average molecular weight is 481 g/mol. The van der Waals surface area contributed by atoms with E-state index in [-0.39, 0.29) is 17.3 Å². The van der Waals surface area contributed by atoms with Crippen LogP contribution in [-0.2, 0) is 27.8 Å². The minimum absolute atomic E-state index is 0.0281. The SMILES string of the molecule is NS(=O)(=O)c1cccc(CCCOCCCCCCNC[C@H](O)c2ccc(O)c(CO)c2)c1. The fourth-order valence-electron chi connectivity index (χ4n) is 3.46. The van der Waals surface area contributed by atoms with Gasteiger partial charge in [-0.05, 0) is 67.6 Å². The lowest BCUT2D eigenvalue weighted by molar-refractivity contribution is 0.127. The van der Waals surface area contributed by atoms with Crippen LogP contribution in [0.2, 0.25) is 0 Å². The van der Waals surface area contributed by atoms with Gasteiger partial charge in [0.2, 0.25) is 10.0 Å². The quantitative estimate of drug-likeness (QED) is 0.232. The molecule has 0 aliphatic rings. The van der Waals surface area contributed by atoms with E-state index in [2.05, 4.69) is 5.32 Å². The third-order valence-electron chi connectivity index (χ3n) is 5.37. The number of aromatic hydroxyl groups is 1. The maximum atomic E-state index is 11.4. The number of ether oxygens (including phenoxy) is 1. The van der Waals surface area contributed by atoms with E-state index in [1.807, 2.05) is 6.07 Å². The van der Waals surface area contributed by atoms with E-state index >= 15 is 0 Å². The van der Waals surface area contributed by atoms with Gasteiger partial charge < -0.3 is 25.4 Å². The van der Waals surface area contributed by atoms with Gasteiger partial charge in [0.1, 0.15) is 5.75 Å². The molecule has 33 heavy (non-hydrogen) atoms. The standard InChI is InChI=1S/C24H36N2O6S/c25-33(30,31)22-9-5-7-19(15-22)8-6-14-32-13-4-2-1-3-12-26-17-24(29)20-10-11-23(28)21(16-20)18-27/h5,7,9-11,15-16,24,26-29H,1-4,6,8,12-14,17-18H2,(H2,25,30,31)/t24-/m0/s1. The second-order valence-electron chi connectivity index (χ2n) is 8.09. The molecule has 0 radical (unpaired) electrons. The molecule has 0 bridgehead atoms. The van der Waals surface area contributed by atoms with Crippen molar-refractivity contribution in [2.24, 2.45) is 5.14 Å². The van der Waals surface area contributed by atoms with Crippen molar-refractivity contribution in [2.45, 2.75) is 56.1 Å². The van der Waals surface area contributed by atoms with E-state index in [1.165, 1.54) is 12.1 Å². The molecule has 0 spiro atoms. The predicted octanol–water partition coefficient (Wildman–Crippen LogP) is 2.36. The predicted molar refractivity (Wildman–Crippen MR) is 127 cm³/mol. The number of phenols is 1. The summed E-state index contributed by atoms with van der Waals surface area (Å²) in [7, 11) is -3.67. The molecule has 0 aliphatic heterocycles. The van der Waals surface area contributed by atoms with Gasteiger partial charge in [0, 0.05) is 25.3 Å². The fraction of sp³-hybridized carbons (Fsp3) is 0.500. The van der Waals surface area contributed by atoms with E-state index in [0.29, 0.717) is 30.9 Å². The number of aliphatic hydroxyl groups excluding tert-OH is 2. The van der Waals surface area contributed by atoms with E-state index in [0.717, 1.165) is 50.6 Å². The Bertz CT molecular complexity index is 952. The highest BCUT2D eigenvalue weighted by atomic mass is 32.2. The molecule has 0 saturated heterocycles. The molecule has 8 nitrogen and oxygen atoms in total. The van der Waals surface area contributed by atoms with Crippen molar-refractivity contribution in [1.29, 1.82) is 0 Å². The number of sulfonamides is 1. The summed E-state index contributed by atoms with van der Waals surface area (Å²) < 4.78 is 28.4. The maximum Gasteiger partial charge on any atom is 0.238 e. The number of rotatable bonds is 16. The molecule has 1 atom stereocenters. The Morgan fingerprint density at radius 2 is 1.76 bits per heavy atom. The Labute approximate surface area is 196 Å². The zero-order valence-electron chi connectivity index (χ0n) is 18.9. The zero-order chi connectivity index (χ0) is 24.1. The van der Waals surface area contributed by atoms with Crippen LogP contribution in [0.3, 0.4) is 0 Å². The van der Waals surface area contributed by atoms with Gasteiger partial charge in [-0.1, -0.05) is 31.0 Å². The van der Waals surface area contributed by atoms with Crippen LogP contribution in [-0.4, -0.2) is 50.0 Å². The summed E-state index contributed by atoms with van der Waals surface area (Å²) in [4.78, 5) is 0.140. The van der Waals surface area contributed by atoms with Crippen molar-refractivity contribution in [1.82, 2.24) is 5.32 Å². The number of aryl methyl sites for hydroxylation is 1. The fourth-order valence-corrected chi connectivity index (χ4v) is 4.05. The molecule has 2 aromatic carbocycles. The van der Waals surface area contributed by atoms with Gasteiger partial charge in [-0.25, -0.2) is 13.6 Å². The van der Waals surface area contributed by atoms with E-state index in [1.54, 1.807) is 24.3 Å². The second-order valence-corrected chi connectivity index (χ2v) is 9.65. The Morgan fingerprint density at radius 1 is 1.00 bits per heavy atom. The third kappa shape index (κ3) is 10.2. The lowest BCUT2D eigenvalue weighted by atomic mass is 10.1. The molecule has 2 rings (SSSR count). The largest absolute Gasteiger partial charge is 0.508 e. The summed E-state index contributed by atoms with van der Waals surface area (Å²) in [5.41, 5.74) is 2.01. The molecule has 2 aromatic rings. The molecule has 0 fully saturated rings. The second kappa shape index (κ2) is 14.3. The van der Waals surface area contributed by atoms with Crippen LogP contribution in [0.1, 0.15) is 54.9 Å². The lowest BCUT2D eigenvalue weighted by Crippen LogP contribution is -2.22. The number of primary sulfonamides is 1. The molecule has 0 aliphatic carbocycles. The summed E-state index contributed by atoms with van der Waals surface area (Å²) in [6.45, 7) is 2.30. The number of nitrogens with two attached hydrogens (primary N) is 1. The van der Waals surface area contributed by atoms with Crippen LogP contribution in [0.4, 0.5) is 0 Å². The Hall–Kier alpha value is -2.01. The average Bonchev–Trinajstić information content (AvgIpc) is 2.79. The van der Waals surface area contributed by atoms with Crippen LogP contribution < -0.4 is 10.5 Å². The van der Waals surface area contributed by atoms with Crippen LogP contribution in [0.5, 0.6) is 5.75 Å². The van der Waals surface area contributed by atoms with Gasteiger partial charge in [0.25, 0.3) is 0 Å². The maximum absolute atomic E-state index is 11.4. The highest BCUT2D eigenvalue weighted by Gasteiger charge is 2.10. The Morgan fingerprint density at radius 3 is 2.52 bits per heavy atom. The number of unbranched alkanes of at least 4 members (excludes halogenated alkanes) is 3. The number of benzene rings is 2. The smallest absolute Gasteiger partial charge is 0.238 e. The molecular weight excluding hydrogens is 444 g/mol. The van der Waals surface area contributed by atoms with Gasteiger partial charge in [-0.3, -0.25) is 0 Å². The van der Waals surface area contributed by atoms with Crippen LogP contribution >= 0.6 is 0 Å². The van der Waals surface area contributed by atoms with Crippen molar-refractivity contribution in [2.75, 3.05) is 26.3 Å². The van der Waals surface area contributed by atoms with Gasteiger partial charge in [-0.15, -0.1) is 0 Å². The first-order valence-corrected chi connectivity index (χ1v) is 12.9. The monoisotopic (exact) mass is 480 g/mol. The first-order chi connectivity index (χ1) is 15.8. The van der Waals surface area contributed by atoms with E-state index < -0.39 is 16.1 Å². The van der Waals surface area contributed by atoms with Gasteiger partial charge >= 0.3 is 0 Å². The summed E-state index contributed by atoms with van der Waals surface area (Å²) in [5.74, 6) is 0.0281. The first-order valence-electron chi connectivity index (χ1n) is 11.3. The van der Waals surface area contributed by atoms with Crippen LogP contribution in [0.25, 0.3) is 0 Å². The number of hydrogen-bond donors (Lipinski definition) is 5. The summed E-state index contributed by atoms with van der Waals surface area (Å²) in [5, 5.41) is 37.4. The molecule has 6 N–H and O–H groups in total. The van der Waals surface area contributed by atoms with Gasteiger partial charge in [-0.2, -0.15) is 0 Å².